The summed E-state index contributed by atoms with van der Waals surface area (Å²) in [5.74, 6) is 2.05. The van der Waals surface area contributed by atoms with Crippen LogP contribution in [0.5, 0.6) is 17.2 Å². The normalized spacial score (nSPS) is 11.1. The first-order valence-electron chi connectivity index (χ1n) is 10.5. The molecule has 2 heterocycles. The van der Waals surface area contributed by atoms with Gasteiger partial charge in [-0.05, 0) is 30.3 Å². The fraction of sp³-hybridized carbons (Fsp3) is 0.167. The van der Waals surface area contributed by atoms with E-state index in [1.165, 1.54) is 46.0 Å². The van der Waals surface area contributed by atoms with Crippen molar-refractivity contribution in [1.29, 1.82) is 0 Å². The van der Waals surface area contributed by atoms with Gasteiger partial charge in [0.1, 0.15) is 12.1 Å². The standard InChI is InChI=1S/C24H21F3N6O3/c1-34-18-11-16(12-19(35-2)20(18)36-3)32-23-30-13-29-22(33-23)17-8-5-9-28-21(17)31-15-7-4-6-14(10-15)24(25,26)27/h4-13H,1-3H3,(H,28,31)(H,29,30,32,33). The van der Waals surface area contributed by atoms with E-state index in [9.17, 15) is 13.2 Å². The van der Waals surface area contributed by atoms with Crippen molar-refractivity contribution in [2.75, 3.05) is 32.0 Å². The van der Waals surface area contributed by atoms with E-state index < -0.39 is 11.7 Å². The number of benzene rings is 2. The minimum absolute atomic E-state index is 0.211. The third-order valence-electron chi connectivity index (χ3n) is 4.99. The number of anilines is 4. The van der Waals surface area contributed by atoms with E-state index in [4.69, 9.17) is 14.2 Å². The smallest absolute Gasteiger partial charge is 0.416 e. The summed E-state index contributed by atoms with van der Waals surface area (Å²) in [7, 11) is 4.51. The van der Waals surface area contributed by atoms with Crippen molar-refractivity contribution in [2.45, 2.75) is 6.18 Å². The zero-order valence-corrected chi connectivity index (χ0v) is 19.4. The van der Waals surface area contributed by atoms with Crippen molar-refractivity contribution in [3.63, 3.8) is 0 Å². The fourth-order valence-corrected chi connectivity index (χ4v) is 3.36. The molecule has 186 valence electrons. The molecule has 2 aromatic carbocycles. The van der Waals surface area contributed by atoms with Crippen LogP contribution in [-0.2, 0) is 6.18 Å². The summed E-state index contributed by atoms with van der Waals surface area (Å²) in [6.07, 6.45) is -1.65. The van der Waals surface area contributed by atoms with Gasteiger partial charge in [0.25, 0.3) is 0 Å². The molecule has 0 spiro atoms. The molecular formula is C24H21F3N6O3. The van der Waals surface area contributed by atoms with Crippen LogP contribution in [0, 0.1) is 0 Å². The minimum Gasteiger partial charge on any atom is -0.493 e. The number of rotatable bonds is 8. The monoisotopic (exact) mass is 498 g/mol. The van der Waals surface area contributed by atoms with Gasteiger partial charge in [0.05, 0.1) is 32.5 Å². The van der Waals surface area contributed by atoms with Crippen molar-refractivity contribution in [2.24, 2.45) is 0 Å². The summed E-state index contributed by atoms with van der Waals surface area (Å²) in [5, 5.41) is 5.98. The van der Waals surface area contributed by atoms with Crippen molar-refractivity contribution >= 4 is 23.1 Å². The maximum absolute atomic E-state index is 13.1. The summed E-state index contributed by atoms with van der Waals surface area (Å²) < 4.78 is 55.4. The van der Waals surface area contributed by atoms with E-state index >= 15 is 0 Å². The Morgan fingerprint density at radius 1 is 0.778 bits per heavy atom. The Bertz CT molecular complexity index is 1340. The highest BCUT2D eigenvalue weighted by atomic mass is 19.4. The van der Waals surface area contributed by atoms with Crippen LogP contribution in [0.4, 0.5) is 36.3 Å². The summed E-state index contributed by atoms with van der Waals surface area (Å²) in [6, 6.07) is 11.6. The fourth-order valence-electron chi connectivity index (χ4n) is 3.36. The Morgan fingerprint density at radius 2 is 1.53 bits per heavy atom. The van der Waals surface area contributed by atoms with Gasteiger partial charge in [-0.1, -0.05) is 6.07 Å². The Hall–Kier alpha value is -4.61. The highest BCUT2D eigenvalue weighted by Crippen LogP contribution is 2.40. The van der Waals surface area contributed by atoms with Crippen LogP contribution in [0.3, 0.4) is 0 Å². The second-order valence-corrected chi connectivity index (χ2v) is 7.27. The summed E-state index contributed by atoms with van der Waals surface area (Å²) in [6.45, 7) is 0. The lowest BCUT2D eigenvalue weighted by molar-refractivity contribution is -0.137. The molecule has 4 aromatic rings. The quantitative estimate of drug-likeness (QED) is 0.327. The summed E-state index contributed by atoms with van der Waals surface area (Å²) in [4.78, 5) is 17.1. The van der Waals surface area contributed by atoms with Gasteiger partial charge in [-0.25, -0.2) is 15.0 Å². The maximum Gasteiger partial charge on any atom is 0.416 e. The van der Waals surface area contributed by atoms with Crippen LogP contribution in [0.15, 0.2) is 61.1 Å². The highest BCUT2D eigenvalue weighted by Gasteiger charge is 2.30. The van der Waals surface area contributed by atoms with E-state index in [1.54, 1.807) is 24.3 Å². The molecule has 0 unspecified atom stereocenters. The lowest BCUT2D eigenvalue weighted by atomic mass is 10.2. The number of ether oxygens (including phenoxy) is 3. The average molecular weight is 498 g/mol. The molecule has 2 N–H and O–H groups in total. The topological polar surface area (TPSA) is 103 Å². The van der Waals surface area contributed by atoms with E-state index in [-0.39, 0.29) is 23.3 Å². The second kappa shape index (κ2) is 10.3. The number of pyridine rings is 1. The van der Waals surface area contributed by atoms with Gasteiger partial charge < -0.3 is 24.8 Å². The second-order valence-electron chi connectivity index (χ2n) is 7.27. The third-order valence-corrected chi connectivity index (χ3v) is 4.99. The van der Waals surface area contributed by atoms with Gasteiger partial charge in [0.15, 0.2) is 17.3 Å². The van der Waals surface area contributed by atoms with Crippen LogP contribution < -0.4 is 24.8 Å². The van der Waals surface area contributed by atoms with Gasteiger partial charge >= 0.3 is 6.18 Å². The highest BCUT2D eigenvalue weighted by molar-refractivity contribution is 5.75. The van der Waals surface area contributed by atoms with Gasteiger partial charge in [-0.3, -0.25) is 0 Å². The van der Waals surface area contributed by atoms with E-state index in [1.807, 2.05) is 0 Å². The Morgan fingerprint density at radius 3 is 2.19 bits per heavy atom. The lowest BCUT2D eigenvalue weighted by Crippen LogP contribution is -2.06. The Balaban J connectivity index is 1.64. The molecule has 0 aliphatic carbocycles. The molecule has 2 aromatic heterocycles. The maximum atomic E-state index is 13.1. The zero-order chi connectivity index (χ0) is 25.7. The molecule has 0 fully saturated rings. The van der Waals surface area contributed by atoms with Crippen LogP contribution in [-0.4, -0.2) is 41.3 Å². The first kappa shape index (κ1) is 24.5. The van der Waals surface area contributed by atoms with Crippen molar-refractivity contribution in [3.8, 4) is 28.6 Å². The molecule has 0 aliphatic heterocycles. The number of aromatic nitrogens is 4. The number of hydrogen-bond donors (Lipinski definition) is 2. The molecule has 0 atom stereocenters. The number of hydrogen-bond acceptors (Lipinski definition) is 9. The molecule has 36 heavy (non-hydrogen) atoms. The minimum atomic E-state index is -4.47. The van der Waals surface area contributed by atoms with Crippen molar-refractivity contribution < 1.29 is 27.4 Å². The van der Waals surface area contributed by atoms with E-state index in [2.05, 4.69) is 30.6 Å². The largest absolute Gasteiger partial charge is 0.493 e. The molecule has 0 aliphatic rings. The Kier molecular flexibility index (Phi) is 7.04. The molecule has 12 heteroatoms. The molecule has 0 bridgehead atoms. The summed E-state index contributed by atoms with van der Waals surface area (Å²) >= 11 is 0. The average Bonchev–Trinajstić information content (AvgIpc) is 2.88. The van der Waals surface area contributed by atoms with Crippen molar-refractivity contribution in [1.82, 2.24) is 19.9 Å². The van der Waals surface area contributed by atoms with Gasteiger partial charge in [0, 0.05) is 29.7 Å². The number of halogens is 3. The number of nitrogens with zero attached hydrogens (tertiary/aromatic N) is 4. The number of alkyl halides is 3. The molecule has 0 radical (unpaired) electrons. The number of methoxy groups -OCH3 is 3. The van der Waals surface area contributed by atoms with Crippen LogP contribution in [0.2, 0.25) is 0 Å². The van der Waals surface area contributed by atoms with Gasteiger partial charge in [-0.15, -0.1) is 0 Å². The lowest BCUT2D eigenvalue weighted by Gasteiger charge is -2.15. The van der Waals surface area contributed by atoms with Crippen molar-refractivity contribution in [3.05, 3.63) is 66.6 Å². The first-order valence-corrected chi connectivity index (χ1v) is 10.5. The molecule has 0 amide bonds. The summed E-state index contributed by atoms with van der Waals surface area (Å²) in [5.41, 5.74) is 0.469. The third kappa shape index (κ3) is 5.37. The van der Waals surface area contributed by atoms with Gasteiger partial charge in [0.2, 0.25) is 11.7 Å². The van der Waals surface area contributed by atoms with Crippen LogP contribution in [0.25, 0.3) is 11.4 Å². The first-order chi connectivity index (χ1) is 17.3. The number of nitrogens with one attached hydrogen (secondary N) is 2. The molecule has 9 nitrogen and oxygen atoms in total. The molecule has 0 saturated carbocycles. The molecular weight excluding hydrogens is 477 g/mol. The predicted molar refractivity (Wildman–Crippen MR) is 127 cm³/mol. The van der Waals surface area contributed by atoms with Crippen LogP contribution in [0.1, 0.15) is 5.56 Å². The van der Waals surface area contributed by atoms with Gasteiger partial charge in [-0.2, -0.15) is 18.2 Å². The zero-order valence-electron chi connectivity index (χ0n) is 19.4. The predicted octanol–water partition coefficient (Wildman–Crippen LogP) is 5.47. The van der Waals surface area contributed by atoms with E-state index in [0.717, 1.165) is 12.1 Å². The van der Waals surface area contributed by atoms with E-state index in [0.29, 0.717) is 28.5 Å². The van der Waals surface area contributed by atoms with Crippen LogP contribution >= 0.6 is 0 Å². The SMILES string of the molecule is COc1cc(Nc2ncnc(-c3cccnc3Nc3cccc(C(F)(F)F)c3)n2)cc(OC)c1OC. The Labute approximate surface area is 204 Å². The molecule has 0 saturated heterocycles. The molecule has 4 rings (SSSR count).